The molecule has 5 atom stereocenters. The first kappa shape index (κ1) is 17.9. The molecule has 0 aromatic rings. The number of hydrogen-bond acceptors (Lipinski definition) is 4. The van der Waals surface area contributed by atoms with Crippen molar-refractivity contribution in [1.29, 1.82) is 0 Å². The summed E-state index contributed by atoms with van der Waals surface area (Å²) in [5, 5.41) is 19.6. The lowest BCUT2D eigenvalue weighted by Crippen LogP contribution is -2.38. The largest absolute Gasteiger partial charge is 0.487 e. The zero-order chi connectivity index (χ0) is 16.2. The van der Waals surface area contributed by atoms with Crippen molar-refractivity contribution < 1.29 is 19.7 Å². The fraction of sp³-hybridized carbons (Fsp3) is 0.706. The molecule has 0 aromatic heterocycles. The van der Waals surface area contributed by atoms with Crippen molar-refractivity contribution in [3.63, 3.8) is 0 Å². The molecule has 4 nitrogen and oxygen atoms in total. The van der Waals surface area contributed by atoms with Gasteiger partial charge in [0, 0.05) is 12.0 Å². The molecule has 4 unspecified atom stereocenters. The number of rotatable bonds is 7. The quantitative estimate of drug-likeness (QED) is 0.709. The maximum atomic E-state index is 11.7. The van der Waals surface area contributed by atoms with Gasteiger partial charge < -0.3 is 14.9 Å². The van der Waals surface area contributed by atoms with Crippen molar-refractivity contribution in [3.8, 4) is 0 Å². The van der Waals surface area contributed by atoms with Gasteiger partial charge in [-0.05, 0) is 39.5 Å². The smallest absolute Gasteiger partial charge is 0.199 e. The van der Waals surface area contributed by atoms with Gasteiger partial charge >= 0.3 is 0 Å². The van der Waals surface area contributed by atoms with E-state index in [1.807, 2.05) is 26.0 Å². The summed E-state index contributed by atoms with van der Waals surface area (Å²) >= 11 is 0. The molecule has 2 N–H and O–H groups in total. The molecular weight excluding hydrogens is 268 g/mol. The van der Waals surface area contributed by atoms with Crippen LogP contribution in [0, 0.1) is 11.8 Å². The van der Waals surface area contributed by atoms with Gasteiger partial charge in [0.05, 0.1) is 17.5 Å². The maximum Gasteiger partial charge on any atom is 0.199 e. The molecule has 1 aliphatic heterocycles. The Hall–Kier alpha value is -1.13. The summed E-state index contributed by atoms with van der Waals surface area (Å²) in [6.45, 7) is 9.03. The van der Waals surface area contributed by atoms with Crippen LogP contribution in [0.15, 0.2) is 24.0 Å². The lowest BCUT2D eigenvalue weighted by Gasteiger charge is -2.28. The molecule has 0 amide bonds. The van der Waals surface area contributed by atoms with Gasteiger partial charge in [-0.2, -0.15) is 0 Å². The Morgan fingerprint density at radius 2 is 2.05 bits per heavy atom. The molecule has 4 heteroatoms. The van der Waals surface area contributed by atoms with E-state index in [-0.39, 0.29) is 23.7 Å². The Balaban J connectivity index is 2.42. The van der Waals surface area contributed by atoms with Crippen LogP contribution in [0.2, 0.25) is 0 Å². The van der Waals surface area contributed by atoms with E-state index in [1.54, 1.807) is 26.8 Å². The van der Waals surface area contributed by atoms with Crippen molar-refractivity contribution >= 4 is 5.78 Å². The molecule has 0 saturated carbocycles. The van der Waals surface area contributed by atoms with Crippen LogP contribution in [-0.4, -0.2) is 33.8 Å². The minimum Gasteiger partial charge on any atom is -0.487 e. The monoisotopic (exact) mass is 296 g/mol. The van der Waals surface area contributed by atoms with Crippen molar-refractivity contribution in [2.24, 2.45) is 11.8 Å². The summed E-state index contributed by atoms with van der Waals surface area (Å²) in [6.07, 6.45) is 5.71. The Kier molecular flexibility index (Phi) is 6.17. The normalized spacial score (nSPS) is 26.1. The standard InChI is InChI=1S/C17H28O4/c1-11(10-17(5,20)14(4)18)7-6-8-12(2)16-15(19)9-13(3)21-16/h6-7,9,11-12,14,16,18,20H,8,10H2,1-5H3/b7-6+/t11?,12?,14?,16-,17?/m1/s1. The van der Waals surface area contributed by atoms with E-state index in [9.17, 15) is 15.0 Å². The van der Waals surface area contributed by atoms with Crippen LogP contribution in [0.3, 0.4) is 0 Å². The average Bonchev–Trinajstić information content (AvgIpc) is 2.67. The van der Waals surface area contributed by atoms with Gasteiger partial charge in [-0.1, -0.05) is 26.0 Å². The summed E-state index contributed by atoms with van der Waals surface area (Å²) in [6, 6.07) is 0. The predicted molar refractivity (Wildman–Crippen MR) is 82.6 cm³/mol. The second kappa shape index (κ2) is 7.23. The number of carbonyl (C=O) groups is 1. The molecule has 0 saturated heterocycles. The molecule has 21 heavy (non-hydrogen) atoms. The van der Waals surface area contributed by atoms with Crippen LogP contribution < -0.4 is 0 Å². The Bertz CT molecular complexity index is 421. The minimum absolute atomic E-state index is 0.0403. The van der Waals surface area contributed by atoms with Gasteiger partial charge in [0.2, 0.25) is 0 Å². The van der Waals surface area contributed by atoms with E-state index in [1.165, 1.54) is 0 Å². The third-order valence-corrected chi connectivity index (χ3v) is 4.06. The van der Waals surface area contributed by atoms with E-state index in [4.69, 9.17) is 4.74 Å². The molecule has 0 aromatic carbocycles. The first-order valence-corrected chi connectivity index (χ1v) is 7.59. The van der Waals surface area contributed by atoms with Crippen molar-refractivity contribution in [1.82, 2.24) is 0 Å². The highest BCUT2D eigenvalue weighted by Crippen LogP contribution is 2.24. The van der Waals surface area contributed by atoms with Gasteiger partial charge in [0.1, 0.15) is 0 Å². The van der Waals surface area contributed by atoms with Gasteiger partial charge in [-0.15, -0.1) is 0 Å². The molecule has 1 aliphatic rings. The van der Waals surface area contributed by atoms with Crippen LogP contribution in [0.25, 0.3) is 0 Å². The van der Waals surface area contributed by atoms with Crippen LogP contribution in [-0.2, 0) is 9.53 Å². The number of ketones is 1. The topological polar surface area (TPSA) is 66.8 Å². The first-order chi connectivity index (χ1) is 9.63. The molecule has 0 radical (unpaired) electrons. The highest BCUT2D eigenvalue weighted by atomic mass is 16.5. The van der Waals surface area contributed by atoms with Crippen LogP contribution in [0.1, 0.15) is 47.5 Å². The molecule has 1 heterocycles. The SMILES string of the molecule is CC1=CC(=O)[C@@H](C(C)C/C=C/C(C)CC(C)(O)C(C)O)O1. The van der Waals surface area contributed by atoms with Gasteiger partial charge in [0.25, 0.3) is 0 Å². The van der Waals surface area contributed by atoms with Crippen molar-refractivity contribution in [2.45, 2.75) is 65.3 Å². The maximum absolute atomic E-state index is 11.7. The molecule has 0 fully saturated rings. The number of ether oxygens (including phenoxy) is 1. The second-order valence-corrected chi connectivity index (χ2v) is 6.55. The molecule has 120 valence electrons. The van der Waals surface area contributed by atoms with Crippen molar-refractivity contribution in [2.75, 3.05) is 0 Å². The summed E-state index contributed by atoms with van der Waals surface area (Å²) in [5.74, 6) is 0.995. The average molecular weight is 296 g/mol. The Morgan fingerprint density at radius 3 is 2.52 bits per heavy atom. The van der Waals surface area contributed by atoms with E-state index in [0.717, 1.165) is 6.42 Å². The van der Waals surface area contributed by atoms with E-state index >= 15 is 0 Å². The molecule has 0 bridgehead atoms. The summed E-state index contributed by atoms with van der Waals surface area (Å²) in [4.78, 5) is 11.7. The van der Waals surface area contributed by atoms with Crippen molar-refractivity contribution in [3.05, 3.63) is 24.0 Å². The number of aliphatic hydroxyl groups is 2. The van der Waals surface area contributed by atoms with Gasteiger partial charge in [-0.3, -0.25) is 4.79 Å². The number of aliphatic hydroxyl groups excluding tert-OH is 1. The minimum atomic E-state index is -1.08. The van der Waals surface area contributed by atoms with E-state index < -0.39 is 11.7 Å². The third kappa shape index (κ3) is 5.29. The molecule has 1 rings (SSSR count). The molecule has 0 spiro atoms. The second-order valence-electron chi connectivity index (χ2n) is 6.55. The number of hydrogen-bond donors (Lipinski definition) is 2. The lowest BCUT2D eigenvalue weighted by atomic mass is 9.88. The zero-order valence-electron chi connectivity index (χ0n) is 13.7. The van der Waals surface area contributed by atoms with Gasteiger partial charge in [0.15, 0.2) is 11.9 Å². The Morgan fingerprint density at radius 1 is 1.43 bits per heavy atom. The van der Waals surface area contributed by atoms with Gasteiger partial charge in [-0.25, -0.2) is 0 Å². The number of allylic oxidation sites excluding steroid dienone is 3. The fourth-order valence-corrected chi connectivity index (χ4v) is 2.51. The molecule has 0 aliphatic carbocycles. The first-order valence-electron chi connectivity index (χ1n) is 7.59. The number of carbonyl (C=O) groups excluding carboxylic acids is 1. The van der Waals surface area contributed by atoms with Crippen LogP contribution in [0.5, 0.6) is 0 Å². The fourth-order valence-electron chi connectivity index (χ4n) is 2.51. The van der Waals surface area contributed by atoms with Crippen LogP contribution >= 0.6 is 0 Å². The summed E-state index contributed by atoms with van der Waals surface area (Å²) < 4.78 is 5.51. The zero-order valence-corrected chi connectivity index (χ0v) is 13.7. The summed E-state index contributed by atoms with van der Waals surface area (Å²) in [5.41, 5.74) is -1.08. The van der Waals surface area contributed by atoms with E-state index in [0.29, 0.717) is 12.2 Å². The highest BCUT2D eigenvalue weighted by molar-refractivity contribution is 5.96. The highest BCUT2D eigenvalue weighted by Gasteiger charge is 2.30. The lowest BCUT2D eigenvalue weighted by molar-refractivity contribution is -0.122. The molecular formula is C17H28O4. The van der Waals surface area contributed by atoms with Crippen LogP contribution in [0.4, 0.5) is 0 Å². The predicted octanol–water partition coefficient (Wildman–Crippen LogP) is 2.60. The van der Waals surface area contributed by atoms with E-state index in [2.05, 4.69) is 0 Å². The Labute approximate surface area is 127 Å². The summed E-state index contributed by atoms with van der Waals surface area (Å²) in [7, 11) is 0. The third-order valence-electron chi connectivity index (χ3n) is 4.06.